The first kappa shape index (κ1) is 12.3. The zero-order chi connectivity index (χ0) is 11.1. The maximum absolute atomic E-state index is 11.5. The van der Waals surface area contributed by atoms with Crippen LogP contribution in [-0.2, 0) is 0 Å². The molecular weight excluding hydrogens is 258 g/mol. The van der Waals surface area contributed by atoms with E-state index >= 15 is 0 Å². The molecule has 0 saturated heterocycles. The summed E-state index contributed by atoms with van der Waals surface area (Å²) in [6, 6.07) is 1.74. The van der Waals surface area contributed by atoms with Gasteiger partial charge < -0.3 is 9.73 Å². The average Bonchev–Trinajstić information content (AvgIpc) is 2.64. The molecule has 0 aliphatic carbocycles. The van der Waals surface area contributed by atoms with Gasteiger partial charge in [-0.2, -0.15) is 0 Å². The molecule has 1 aromatic rings. The topological polar surface area (TPSA) is 42.2 Å². The lowest BCUT2D eigenvalue weighted by Crippen LogP contribution is -2.23. The van der Waals surface area contributed by atoms with Gasteiger partial charge in [0.1, 0.15) is 12.0 Å². The normalized spacial score (nSPS) is 10.3. The van der Waals surface area contributed by atoms with Gasteiger partial charge in [-0.15, -0.1) is 0 Å². The Morgan fingerprint density at radius 3 is 2.87 bits per heavy atom. The fraction of sp³-hybridized carbons (Fsp3) is 0.545. The van der Waals surface area contributed by atoms with E-state index in [1.165, 1.54) is 6.26 Å². The molecule has 84 valence electrons. The molecule has 0 aromatic carbocycles. The van der Waals surface area contributed by atoms with Gasteiger partial charge in [0.25, 0.3) is 5.91 Å². The van der Waals surface area contributed by atoms with Crippen LogP contribution in [0.4, 0.5) is 0 Å². The van der Waals surface area contributed by atoms with Crippen LogP contribution >= 0.6 is 15.9 Å². The number of carbonyl (C=O) groups is 1. The van der Waals surface area contributed by atoms with Crippen molar-refractivity contribution >= 4 is 21.8 Å². The molecule has 1 N–H and O–H groups in total. The number of alkyl halides is 1. The minimum absolute atomic E-state index is 0.0503. The van der Waals surface area contributed by atoms with Gasteiger partial charge in [0.05, 0.1) is 5.56 Å². The number of rotatable bonds is 6. The highest BCUT2D eigenvalue weighted by molar-refractivity contribution is 9.09. The number of aryl methyl sites for hydroxylation is 1. The second kappa shape index (κ2) is 6.67. The van der Waals surface area contributed by atoms with E-state index in [0.29, 0.717) is 5.56 Å². The first-order chi connectivity index (χ1) is 7.24. The average molecular weight is 274 g/mol. The van der Waals surface area contributed by atoms with Crippen molar-refractivity contribution in [3.05, 3.63) is 23.7 Å². The summed E-state index contributed by atoms with van der Waals surface area (Å²) in [6.07, 6.45) is 4.80. The summed E-state index contributed by atoms with van der Waals surface area (Å²) in [5.41, 5.74) is 0.605. The third-order valence-corrected chi connectivity index (χ3v) is 2.65. The molecule has 0 aliphatic heterocycles. The lowest BCUT2D eigenvalue weighted by atomic mass is 10.2. The van der Waals surface area contributed by atoms with Gasteiger partial charge in [-0.05, 0) is 25.8 Å². The zero-order valence-electron chi connectivity index (χ0n) is 8.88. The van der Waals surface area contributed by atoms with Gasteiger partial charge in [-0.1, -0.05) is 22.4 Å². The third-order valence-electron chi connectivity index (χ3n) is 2.09. The summed E-state index contributed by atoms with van der Waals surface area (Å²) in [5.74, 6) is 0.713. The molecule has 0 bridgehead atoms. The van der Waals surface area contributed by atoms with Crippen LogP contribution in [0.5, 0.6) is 0 Å². The number of amides is 1. The van der Waals surface area contributed by atoms with Crippen LogP contribution in [0.2, 0.25) is 0 Å². The number of hydrogen-bond acceptors (Lipinski definition) is 2. The summed E-state index contributed by atoms with van der Waals surface area (Å²) >= 11 is 3.37. The van der Waals surface area contributed by atoms with Crippen molar-refractivity contribution in [3.8, 4) is 0 Å². The van der Waals surface area contributed by atoms with E-state index in [0.717, 1.165) is 36.9 Å². The molecule has 0 saturated carbocycles. The lowest BCUT2D eigenvalue weighted by Gasteiger charge is -2.02. The van der Waals surface area contributed by atoms with Crippen molar-refractivity contribution in [2.45, 2.75) is 26.2 Å². The monoisotopic (exact) mass is 273 g/mol. The Hall–Kier alpha value is -0.770. The molecule has 0 aliphatic rings. The summed E-state index contributed by atoms with van der Waals surface area (Å²) in [6.45, 7) is 2.56. The second-order valence-corrected chi connectivity index (χ2v) is 4.24. The molecule has 4 heteroatoms. The summed E-state index contributed by atoms with van der Waals surface area (Å²) in [5, 5.41) is 3.89. The molecule has 0 radical (unpaired) electrons. The molecule has 0 unspecified atom stereocenters. The van der Waals surface area contributed by atoms with Crippen molar-refractivity contribution in [1.29, 1.82) is 0 Å². The van der Waals surface area contributed by atoms with Crippen molar-refractivity contribution in [1.82, 2.24) is 5.32 Å². The van der Waals surface area contributed by atoms with Gasteiger partial charge in [0.15, 0.2) is 0 Å². The predicted octanol–water partition coefficient (Wildman–Crippen LogP) is 2.88. The fourth-order valence-corrected chi connectivity index (χ4v) is 1.66. The van der Waals surface area contributed by atoms with Crippen LogP contribution in [0.15, 0.2) is 16.7 Å². The molecule has 0 atom stereocenters. The van der Waals surface area contributed by atoms with E-state index in [2.05, 4.69) is 21.2 Å². The second-order valence-electron chi connectivity index (χ2n) is 3.45. The molecule has 1 heterocycles. The highest BCUT2D eigenvalue weighted by Gasteiger charge is 2.06. The van der Waals surface area contributed by atoms with Crippen LogP contribution in [0.1, 0.15) is 35.4 Å². The maximum Gasteiger partial charge on any atom is 0.254 e. The number of furan rings is 1. The first-order valence-electron chi connectivity index (χ1n) is 5.13. The van der Waals surface area contributed by atoms with E-state index in [4.69, 9.17) is 4.42 Å². The van der Waals surface area contributed by atoms with Crippen molar-refractivity contribution in [3.63, 3.8) is 0 Å². The number of hydrogen-bond donors (Lipinski definition) is 1. The van der Waals surface area contributed by atoms with E-state index in [9.17, 15) is 4.79 Å². The summed E-state index contributed by atoms with van der Waals surface area (Å²) in [7, 11) is 0. The Morgan fingerprint density at radius 1 is 1.47 bits per heavy atom. The number of nitrogens with one attached hydrogen (secondary N) is 1. The van der Waals surface area contributed by atoms with Gasteiger partial charge in [-0.25, -0.2) is 0 Å². The zero-order valence-corrected chi connectivity index (χ0v) is 10.5. The van der Waals surface area contributed by atoms with Gasteiger partial charge >= 0.3 is 0 Å². The van der Waals surface area contributed by atoms with Crippen LogP contribution in [0.25, 0.3) is 0 Å². The largest absolute Gasteiger partial charge is 0.469 e. The lowest BCUT2D eigenvalue weighted by molar-refractivity contribution is 0.0952. The number of halogens is 1. The fourth-order valence-electron chi connectivity index (χ4n) is 1.26. The molecule has 0 fully saturated rings. The smallest absolute Gasteiger partial charge is 0.254 e. The SMILES string of the molecule is Cc1cc(C(=O)NCCCCCBr)co1. The minimum atomic E-state index is -0.0503. The van der Waals surface area contributed by atoms with E-state index < -0.39 is 0 Å². The Labute approximate surface area is 98.4 Å². The Morgan fingerprint density at radius 2 is 2.27 bits per heavy atom. The Bertz CT molecular complexity index is 309. The molecule has 15 heavy (non-hydrogen) atoms. The standard InChI is InChI=1S/C11H16BrNO2/c1-9-7-10(8-15-9)11(14)13-6-4-2-3-5-12/h7-8H,2-6H2,1H3,(H,13,14). The van der Waals surface area contributed by atoms with Crippen LogP contribution in [0, 0.1) is 6.92 Å². The van der Waals surface area contributed by atoms with E-state index in [1.54, 1.807) is 6.07 Å². The molecule has 1 rings (SSSR count). The minimum Gasteiger partial charge on any atom is -0.469 e. The molecule has 1 amide bonds. The Balaban J connectivity index is 2.19. The number of carbonyl (C=O) groups excluding carboxylic acids is 1. The van der Waals surface area contributed by atoms with Crippen LogP contribution in [-0.4, -0.2) is 17.8 Å². The molecular formula is C11H16BrNO2. The van der Waals surface area contributed by atoms with Gasteiger partial charge in [0.2, 0.25) is 0 Å². The van der Waals surface area contributed by atoms with E-state index in [-0.39, 0.29) is 5.91 Å². The summed E-state index contributed by atoms with van der Waals surface area (Å²) in [4.78, 5) is 11.5. The molecule has 1 aromatic heterocycles. The maximum atomic E-state index is 11.5. The van der Waals surface area contributed by atoms with Crippen LogP contribution < -0.4 is 5.32 Å². The molecule has 0 spiro atoms. The van der Waals surface area contributed by atoms with Crippen molar-refractivity contribution in [2.24, 2.45) is 0 Å². The third kappa shape index (κ3) is 4.51. The highest BCUT2D eigenvalue weighted by atomic mass is 79.9. The Kier molecular flexibility index (Phi) is 5.47. The van der Waals surface area contributed by atoms with Gasteiger partial charge in [0, 0.05) is 11.9 Å². The highest BCUT2D eigenvalue weighted by Crippen LogP contribution is 2.05. The predicted molar refractivity (Wildman–Crippen MR) is 63.4 cm³/mol. The molecule has 3 nitrogen and oxygen atoms in total. The van der Waals surface area contributed by atoms with Gasteiger partial charge in [-0.3, -0.25) is 4.79 Å². The quantitative estimate of drug-likeness (QED) is 0.640. The van der Waals surface area contributed by atoms with Crippen LogP contribution in [0.3, 0.4) is 0 Å². The number of unbranched alkanes of at least 4 members (excludes halogenated alkanes) is 2. The first-order valence-corrected chi connectivity index (χ1v) is 6.25. The van der Waals surface area contributed by atoms with E-state index in [1.807, 2.05) is 6.92 Å². The van der Waals surface area contributed by atoms with Crippen molar-refractivity contribution < 1.29 is 9.21 Å². The van der Waals surface area contributed by atoms with Crippen molar-refractivity contribution in [2.75, 3.05) is 11.9 Å². The summed E-state index contributed by atoms with van der Waals surface area (Å²) < 4.78 is 5.06.